The minimum atomic E-state index is -1.26. The van der Waals surface area contributed by atoms with Gasteiger partial charge in [-0.25, -0.2) is 9.59 Å². The summed E-state index contributed by atoms with van der Waals surface area (Å²) in [4.78, 5) is 36.9. The molecule has 3 atom stereocenters. The Labute approximate surface area is 175 Å². The lowest BCUT2D eigenvalue weighted by Crippen LogP contribution is -2.55. The van der Waals surface area contributed by atoms with E-state index in [-0.39, 0.29) is 13.0 Å². The van der Waals surface area contributed by atoms with Crippen LogP contribution in [0.3, 0.4) is 0 Å². The van der Waals surface area contributed by atoms with Gasteiger partial charge in [0.05, 0.1) is 13.2 Å². The standard InChI is InChI=1S/C22H26N2O6/c1-15(25)19(21(27)29-2)24-20(26)18(13-16-9-5-3-6-10-16)23-22(28)30-14-17-11-7-4-8-12-17/h3-12,15,18-19,25H,13-14H2,1-2H3,(H,23,28)(H,24,26)/t15-,18+,19-/m0/s1. The molecule has 8 nitrogen and oxygen atoms in total. The predicted molar refractivity (Wildman–Crippen MR) is 109 cm³/mol. The summed E-state index contributed by atoms with van der Waals surface area (Å²) in [5.41, 5.74) is 1.60. The quantitative estimate of drug-likeness (QED) is 0.537. The summed E-state index contributed by atoms with van der Waals surface area (Å²) in [6.45, 7) is 1.40. The van der Waals surface area contributed by atoms with E-state index in [1.54, 1.807) is 0 Å². The zero-order valence-corrected chi connectivity index (χ0v) is 16.9. The molecule has 0 saturated carbocycles. The third kappa shape index (κ3) is 7.21. The highest BCUT2D eigenvalue weighted by molar-refractivity contribution is 5.90. The Kier molecular flexibility index (Phi) is 8.83. The smallest absolute Gasteiger partial charge is 0.408 e. The number of methoxy groups -OCH3 is 1. The van der Waals surface area contributed by atoms with E-state index in [4.69, 9.17) is 4.74 Å². The van der Waals surface area contributed by atoms with Crippen molar-refractivity contribution in [1.29, 1.82) is 0 Å². The molecule has 0 radical (unpaired) electrons. The molecule has 160 valence electrons. The molecule has 0 heterocycles. The van der Waals surface area contributed by atoms with Gasteiger partial charge in [0.1, 0.15) is 12.6 Å². The fourth-order valence-corrected chi connectivity index (χ4v) is 2.72. The molecule has 2 rings (SSSR count). The molecule has 30 heavy (non-hydrogen) atoms. The van der Waals surface area contributed by atoms with Crippen LogP contribution in [0, 0.1) is 0 Å². The number of benzene rings is 2. The van der Waals surface area contributed by atoms with Gasteiger partial charge in [0.25, 0.3) is 0 Å². The highest BCUT2D eigenvalue weighted by atomic mass is 16.5. The van der Waals surface area contributed by atoms with E-state index < -0.39 is 36.2 Å². The Morgan fingerprint density at radius 2 is 1.50 bits per heavy atom. The van der Waals surface area contributed by atoms with Crippen LogP contribution >= 0.6 is 0 Å². The van der Waals surface area contributed by atoms with Crippen LogP contribution in [0.1, 0.15) is 18.1 Å². The maximum absolute atomic E-state index is 12.8. The van der Waals surface area contributed by atoms with Crippen molar-refractivity contribution in [1.82, 2.24) is 10.6 Å². The van der Waals surface area contributed by atoms with Gasteiger partial charge in [0.15, 0.2) is 6.04 Å². The van der Waals surface area contributed by atoms with Crippen LogP contribution < -0.4 is 10.6 Å². The summed E-state index contributed by atoms with van der Waals surface area (Å²) in [6.07, 6.45) is -1.79. The Bertz CT molecular complexity index is 826. The van der Waals surface area contributed by atoms with Gasteiger partial charge < -0.3 is 25.2 Å². The summed E-state index contributed by atoms with van der Waals surface area (Å²) in [6, 6.07) is 15.9. The third-order valence-corrected chi connectivity index (χ3v) is 4.34. The number of carbonyl (C=O) groups excluding carboxylic acids is 3. The first kappa shape index (κ1) is 22.9. The van der Waals surface area contributed by atoms with E-state index in [9.17, 15) is 19.5 Å². The van der Waals surface area contributed by atoms with Gasteiger partial charge in [-0.15, -0.1) is 0 Å². The van der Waals surface area contributed by atoms with Crippen LogP contribution in [0.4, 0.5) is 4.79 Å². The van der Waals surface area contributed by atoms with E-state index in [2.05, 4.69) is 15.4 Å². The Morgan fingerprint density at radius 3 is 2.03 bits per heavy atom. The van der Waals surface area contributed by atoms with Gasteiger partial charge in [-0.3, -0.25) is 4.79 Å². The fraction of sp³-hybridized carbons (Fsp3) is 0.318. The van der Waals surface area contributed by atoms with Gasteiger partial charge in [0.2, 0.25) is 5.91 Å². The van der Waals surface area contributed by atoms with Crippen LogP contribution in [0.2, 0.25) is 0 Å². The number of amides is 2. The topological polar surface area (TPSA) is 114 Å². The minimum Gasteiger partial charge on any atom is -0.467 e. The van der Waals surface area contributed by atoms with Gasteiger partial charge in [0, 0.05) is 6.42 Å². The molecule has 0 fully saturated rings. The maximum Gasteiger partial charge on any atom is 0.408 e. The normalized spacial score (nSPS) is 13.4. The van der Waals surface area contributed by atoms with Crippen molar-refractivity contribution in [2.24, 2.45) is 0 Å². The summed E-state index contributed by atoms with van der Waals surface area (Å²) in [5.74, 6) is -1.43. The van der Waals surface area contributed by atoms with E-state index >= 15 is 0 Å². The molecule has 0 aromatic heterocycles. The lowest BCUT2D eigenvalue weighted by atomic mass is 10.0. The largest absolute Gasteiger partial charge is 0.467 e. The maximum atomic E-state index is 12.8. The lowest BCUT2D eigenvalue weighted by Gasteiger charge is -2.23. The van der Waals surface area contributed by atoms with Crippen LogP contribution in [0.15, 0.2) is 60.7 Å². The fourth-order valence-electron chi connectivity index (χ4n) is 2.72. The minimum absolute atomic E-state index is 0.0464. The number of aliphatic hydroxyl groups excluding tert-OH is 1. The molecule has 0 bridgehead atoms. The molecule has 0 saturated heterocycles. The molecule has 0 unspecified atom stereocenters. The number of aliphatic hydroxyl groups is 1. The van der Waals surface area contributed by atoms with Crippen LogP contribution in [-0.2, 0) is 32.1 Å². The Morgan fingerprint density at radius 1 is 0.933 bits per heavy atom. The second kappa shape index (κ2) is 11.6. The second-order valence-corrected chi connectivity index (χ2v) is 6.70. The monoisotopic (exact) mass is 414 g/mol. The van der Waals surface area contributed by atoms with Gasteiger partial charge in [-0.1, -0.05) is 60.7 Å². The van der Waals surface area contributed by atoms with Crippen molar-refractivity contribution in [2.75, 3.05) is 7.11 Å². The van der Waals surface area contributed by atoms with E-state index in [0.717, 1.165) is 18.2 Å². The second-order valence-electron chi connectivity index (χ2n) is 6.70. The number of ether oxygens (including phenoxy) is 2. The van der Waals surface area contributed by atoms with Crippen molar-refractivity contribution in [3.8, 4) is 0 Å². The first-order chi connectivity index (χ1) is 14.4. The molecule has 3 N–H and O–H groups in total. The zero-order valence-electron chi connectivity index (χ0n) is 16.9. The van der Waals surface area contributed by atoms with Crippen LogP contribution in [0.5, 0.6) is 0 Å². The average Bonchev–Trinajstić information content (AvgIpc) is 2.76. The van der Waals surface area contributed by atoms with Crippen LogP contribution in [0.25, 0.3) is 0 Å². The van der Waals surface area contributed by atoms with Crippen molar-refractivity contribution in [3.63, 3.8) is 0 Å². The molecular weight excluding hydrogens is 388 g/mol. The number of esters is 1. The number of nitrogens with one attached hydrogen (secondary N) is 2. The summed E-state index contributed by atoms with van der Waals surface area (Å²) in [5, 5.41) is 14.8. The third-order valence-electron chi connectivity index (χ3n) is 4.34. The lowest BCUT2D eigenvalue weighted by molar-refractivity contribution is -0.148. The first-order valence-corrected chi connectivity index (χ1v) is 9.48. The predicted octanol–water partition coefficient (Wildman–Crippen LogP) is 1.56. The Balaban J connectivity index is 2.08. The van der Waals surface area contributed by atoms with E-state index in [1.165, 1.54) is 6.92 Å². The van der Waals surface area contributed by atoms with Gasteiger partial charge in [-0.2, -0.15) is 0 Å². The zero-order chi connectivity index (χ0) is 21.9. The molecule has 0 spiro atoms. The first-order valence-electron chi connectivity index (χ1n) is 9.48. The summed E-state index contributed by atoms with van der Waals surface area (Å²) < 4.78 is 9.81. The summed E-state index contributed by atoms with van der Waals surface area (Å²) >= 11 is 0. The molecular formula is C22H26N2O6. The molecule has 0 aliphatic heterocycles. The molecule has 0 aliphatic rings. The van der Waals surface area contributed by atoms with Gasteiger partial charge in [-0.05, 0) is 18.1 Å². The number of hydrogen-bond acceptors (Lipinski definition) is 6. The van der Waals surface area contributed by atoms with Crippen molar-refractivity contribution in [2.45, 2.75) is 38.1 Å². The molecule has 2 aromatic carbocycles. The molecule has 0 aliphatic carbocycles. The highest BCUT2D eigenvalue weighted by Gasteiger charge is 2.30. The van der Waals surface area contributed by atoms with E-state index in [0.29, 0.717) is 0 Å². The SMILES string of the molecule is COC(=O)[C@@H](NC(=O)[C@@H](Cc1ccccc1)NC(=O)OCc1ccccc1)[C@H](C)O. The van der Waals surface area contributed by atoms with Crippen molar-refractivity contribution >= 4 is 18.0 Å². The molecule has 2 amide bonds. The van der Waals surface area contributed by atoms with Crippen molar-refractivity contribution in [3.05, 3.63) is 71.8 Å². The Hall–Kier alpha value is -3.39. The molecule has 8 heteroatoms. The van der Waals surface area contributed by atoms with E-state index in [1.807, 2.05) is 60.7 Å². The number of rotatable bonds is 9. The summed E-state index contributed by atoms with van der Waals surface area (Å²) in [7, 11) is 1.16. The molecule has 2 aromatic rings. The number of alkyl carbamates (subject to hydrolysis) is 1. The highest BCUT2D eigenvalue weighted by Crippen LogP contribution is 2.07. The number of carbonyl (C=O) groups is 3. The van der Waals surface area contributed by atoms with Crippen molar-refractivity contribution < 1.29 is 29.0 Å². The van der Waals surface area contributed by atoms with Crippen LogP contribution in [-0.4, -0.2) is 48.4 Å². The van der Waals surface area contributed by atoms with Gasteiger partial charge >= 0.3 is 12.1 Å². The average molecular weight is 414 g/mol. The number of hydrogen-bond donors (Lipinski definition) is 3.